The number of rotatable bonds is 8. The number of hydrogen-bond donors (Lipinski definition) is 2. The molecule has 4 heteroatoms. The van der Waals surface area contributed by atoms with Crippen molar-refractivity contribution in [3.8, 4) is 0 Å². The van der Waals surface area contributed by atoms with Gasteiger partial charge in [0.25, 0.3) is 0 Å². The van der Waals surface area contributed by atoms with Crippen LogP contribution in [0, 0.1) is 5.92 Å². The Morgan fingerprint density at radius 2 is 2.24 bits per heavy atom. The van der Waals surface area contributed by atoms with Crippen molar-refractivity contribution < 1.29 is 14.3 Å². The Bertz CT molecular complexity index is 344. The van der Waals surface area contributed by atoms with Gasteiger partial charge in [0.15, 0.2) is 0 Å². The van der Waals surface area contributed by atoms with Crippen LogP contribution in [0.5, 0.6) is 0 Å². The maximum atomic E-state index is 10.8. The van der Waals surface area contributed by atoms with Crippen molar-refractivity contribution in [3.05, 3.63) is 23.7 Å². The lowest BCUT2D eigenvalue weighted by Crippen LogP contribution is -2.16. The van der Waals surface area contributed by atoms with E-state index in [2.05, 4.69) is 19.2 Å². The van der Waals surface area contributed by atoms with E-state index >= 15 is 0 Å². The number of carboxylic acid groups (broad SMARTS) is 1. The Balaban J connectivity index is 2.18. The lowest BCUT2D eigenvalue weighted by molar-refractivity contribution is 0.0694. The van der Waals surface area contributed by atoms with Crippen molar-refractivity contribution in [1.29, 1.82) is 0 Å². The molecule has 0 aliphatic rings. The van der Waals surface area contributed by atoms with E-state index in [4.69, 9.17) is 9.52 Å². The number of carboxylic acids is 1. The summed E-state index contributed by atoms with van der Waals surface area (Å²) in [5.41, 5.74) is 0.250. The average Bonchev–Trinajstić information content (AvgIpc) is 2.71. The third kappa shape index (κ3) is 5.04. The number of unbranched alkanes of at least 4 members (excludes halogenated alkanes) is 1. The molecule has 4 nitrogen and oxygen atoms in total. The SMILES string of the molecule is CC(C)CCCCNCc1occc1C(=O)O. The number of carbonyl (C=O) groups is 1. The molecule has 0 bridgehead atoms. The van der Waals surface area contributed by atoms with E-state index in [1.807, 2.05) is 0 Å². The summed E-state index contributed by atoms with van der Waals surface area (Å²) in [6, 6.07) is 1.48. The van der Waals surface area contributed by atoms with Gasteiger partial charge in [-0.15, -0.1) is 0 Å². The Morgan fingerprint density at radius 3 is 2.88 bits per heavy atom. The first kappa shape index (κ1) is 13.8. The molecular formula is C13H21NO3. The zero-order chi connectivity index (χ0) is 12.7. The fourth-order valence-electron chi connectivity index (χ4n) is 1.67. The summed E-state index contributed by atoms with van der Waals surface area (Å²) >= 11 is 0. The van der Waals surface area contributed by atoms with Gasteiger partial charge in [-0.3, -0.25) is 0 Å². The van der Waals surface area contributed by atoms with Crippen LogP contribution in [0.15, 0.2) is 16.7 Å². The molecule has 0 unspecified atom stereocenters. The van der Waals surface area contributed by atoms with Gasteiger partial charge < -0.3 is 14.8 Å². The summed E-state index contributed by atoms with van der Waals surface area (Å²) in [5, 5.41) is 12.1. The van der Waals surface area contributed by atoms with Gasteiger partial charge in [0.1, 0.15) is 11.3 Å². The minimum absolute atomic E-state index is 0.250. The second kappa shape index (κ2) is 7.12. The summed E-state index contributed by atoms with van der Waals surface area (Å²) < 4.78 is 5.13. The standard InChI is InChI=1S/C13H21NO3/c1-10(2)5-3-4-7-14-9-12-11(13(15)16)6-8-17-12/h6,8,10,14H,3-5,7,9H2,1-2H3,(H,15,16). The Morgan fingerprint density at radius 1 is 1.47 bits per heavy atom. The van der Waals surface area contributed by atoms with Gasteiger partial charge in [-0.25, -0.2) is 4.79 Å². The van der Waals surface area contributed by atoms with E-state index < -0.39 is 5.97 Å². The highest BCUT2D eigenvalue weighted by Gasteiger charge is 2.12. The van der Waals surface area contributed by atoms with Crippen LogP contribution < -0.4 is 5.32 Å². The minimum Gasteiger partial charge on any atom is -0.478 e. The summed E-state index contributed by atoms with van der Waals surface area (Å²) in [6.07, 6.45) is 4.97. The molecule has 0 aliphatic heterocycles. The van der Waals surface area contributed by atoms with Crippen LogP contribution in [0.3, 0.4) is 0 Å². The number of hydrogen-bond acceptors (Lipinski definition) is 3. The molecule has 2 N–H and O–H groups in total. The molecule has 0 amide bonds. The molecule has 0 radical (unpaired) electrons. The first-order valence-electron chi connectivity index (χ1n) is 6.11. The monoisotopic (exact) mass is 239 g/mol. The lowest BCUT2D eigenvalue weighted by Gasteiger charge is -2.05. The maximum Gasteiger partial charge on any atom is 0.339 e. The molecule has 0 fully saturated rings. The van der Waals surface area contributed by atoms with Gasteiger partial charge in [-0.2, -0.15) is 0 Å². The Kier molecular flexibility index (Phi) is 5.77. The normalized spacial score (nSPS) is 11.0. The van der Waals surface area contributed by atoms with E-state index in [0.29, 0.717) is 12.3 Å². The highest BCUT2D eigenvalue weighted by atomic mass is 16.4. The van der Waals surface area contributed by atoms with Crippen molar-refractivity contribution in [3.63, 3.8) is 0 Å². The molecule has 0 aromatic carbocycles. The summed E-state index contributed by atoms with van der Waals surface area (Å²) in [4.78, 5) is 10.8. The van der Waals surface area contributed by atoms with E-state index in [0.717, 1.165) is 18.9 Å². The van der Waals surface area contributed by atoms with Crippen LogP contribution in [0.4, 0.5) is 0 Å². The molecule has 17 heavy (non-hydrogen) atoms. The minimum atomic E-state index is -0.935. The summed E-state index contributed by atoms with van der Waals surface area (Å²) in [7, 11) is 0. The molecule has 1 aromatic rings. The molecule has 0 saturated heterocycles. The smallest absolute Gasteiger partial charge is 0.339 e. The van der Waals surface area contributed by atoms with Crippen LogP contribution in [0.1, 0.15) is 49.2 Å². The van der Waals surface area contributed by atoms with Gasteiger partial charge in [-0.05, 0) is 24.9 Å². The Labute approximate surface area is 102 Å². The van der Waals surface area contributed by atoms with E-state index in [1.165, 1.54) is 25.2 Å². The second-order valence-corrected chi connectivity index (χ2v) is 4.63. The third-order valence-electron chi connectivity index (χ3n) is 2.65. The molecule has 1 aromatic heterocycles. The quantitative estimate of drug-likeness (QED) is 0.685. The average molecular weight is 239 g/mol. The van der Waals surface area contributed by atoms with Crippen molar-refractivity contribution in [2.75, 3.05) is 6.54 Å². The Hall–Kier alpha value is -1.29. The summed E-state index contributed by atoms with van der Waals surface area (Å²) in [6.45, 7) is 5.81. The molecule has 1 rings (SSSR count). The molecule has 1 heterocycles. The fourth-order valence-corrected chi connectivity index (χ4v) is 1.67. The molecule has 0 spiro atoms. The van der Waals surface area contributed by atoms with Crippen molar-refractivity contribution in [1.82, 2.24) is 5.32 Å². The van der Waals surface area contributed by atoms with Crippen LogP contribution in [0.25, 0.3) is 0 Å². The highest BCUT2D eigenvalue weighted by molar-refractivity contribution is 5.88. The predicted molar refractivity (Wildman–Crippen MR) is 66.1 cm³/mol. The first-order valence-corrected chi connectivity index (χ1v) is 6.11. The van der Waals surface area contributed by atoms with Crippen LogP contribution >= 0.6 is 0 Å². The molecule has 96 valence electrons. The van der Waals surface area contributed by atoms with Crippen LogP contribution in [-0.4, -0.2) is 17.6 Å². The number of furan rings is 1. The van der Waals surface area contributed by atoms with Gasteiger partial charge in [-0.1, -0.05) is 26.7 Å². The fraction of sp³-hybridized carbons (Fsp3) is 0.615. The third-order valence-corrected chi connectivity index (χ3v) is 2.65. The van der Waals surface area contributed by atoms with Gasteiger partial charge >= 0.3 is 5.97 Å². The molecule has 0 atom stereocenters. The lowest BCUT2D eigenvalue weighted by atomic mass is 10.1. The number of nitrogens with one attached hydrogen (secondary N) is 1. The van der Waals surface area contributed by atoms with Crippen molar-refractivity contribution >= 4 is 5.97 Å². The maximum absolute atomic E-state index is 10.8. The van der Waals surface area contributed by atoms with Gasteiger partial charge in [0.05, 0.1) is 12.8 Å². The predicted octanol–water partition coefficient (Wildman–Crippen LogP) is 2.89. The zero-order valence-corrected chi connectivity index (χ0v) is 10.5. The van der Waals surface area contributed by atoms with Crippen LogP contribution in [-0.2, 0) is 6.54 Å². The summed E-state index contributed by atoms with van der Waals surface area (Å²) in [5.74, 6) is 0.315. The van der Waals surface area contributed by atoms with Gasteiger partial charge in [0.2, 0.25) is 0 Å². The van der Waals surface area contributed by atoms with E-state index in [1.54, 1.807) is 0 Å². The van der Waals surface area contributed by atoms with Gasteiger partial charge in [0, 0.05) is 0 Å². The van der Waals surface area contributed by atoms with E-state index in [-0.39, 0.29) is 5.56 Å². The highest BCUT2D eigenvalue weighted by Crippen LogP contribution is 2.10. The zero-order valence-electron chi connectivity index (χ0n) is 10.5. The topological polar surface area (TPSA) is 62.5 Å². The molecular weight excluding hydrogens is 218 g/mol. The van der Waals surface area contributed by atoms with Crippen LogP contribution in [0.2, 0.25) is 0 Å². The first-order chi connectivity index (χ1) is 8.11. The number of aromatic carboxylic acids is 1. The molecule has 0 aliphatic carbocycles. The largest absolute Gasteiger partial charge is 0.478 e. The van der Waals surface area contributed by atoms with Crippen molar-refractivity contribution in [2.45, 2.75) is 39.7 Å². The van der Waals surface area contributed by atoms with Crippen molar-refractivity contribution in [2.24, 2.45) is 5.92 Å². The molecule has 0 saturated carbocycles. The van der Waals surface area contributed by atoms with E-state index in [9.17, 15) is 4.79 Å². The second-order valence-electron chi connectivity index (χ2n) is 4.63.